The van der Waals surface area contributed by atoms with Crippen molar-refractivity contribution in [2.24, 2.45) is 11.8 Å². The third kappa shape index (κ3) is 6.32. The van der Waals surface area contributed by atoms with Crippen LogP contribution in [0.25, 0.3) is 0 Å². The van der Waals surface area contributed by atoms with Crippen LogP contribution in [0.5, 0.6) is 0 Å². The van der Waals surface area contributed by atoms with Crippen LogP contribution in [-0.2, 0) is 16.1 Å². The fraction of sp³-hybridized carbons (Fsp3) is 0.467. The van der Waals surface area contributed by atoms with Gasteiger partial charge in [-0.15, -0.1) is 0 Å². The van der Waals surface area contributed by atoms with E-state index in [0.29, 0.717) is 25.9 Å². The molecule has 0 aliphatic carbocycles. The van der Waals surface area contributed by atoms with E-state index < -0.39 is 23.8 Å². The number of rotatable bonds is 5. The zero-order chi connectivity index (χ0) is 14.5. The third-order valence-corrected chi connectivity index (χ3v) is 3.86. The van der Waals surface area contributed by atoms with Gasteiger partial charge in [0, 0.05) is 12.5 Å². The van der Waals surface area contributed by atoms with E-state index in [4.69, 9.17) is 0 Å². The normalized spacial score (nSPS) is 15.7. The summed E-state index contributed by atoms with van der Waals surface area (Å²) in [6.07, 6.45) is 1.08. The SMILES string of the molecule is O=C([O-])C(C(=O)[O-])C1CCN(Cc2ccccc2)CC1.[Na+].[Na+]. The molecule has 0 unspecified atom stereocenters. The number of likely N-dealkylation sites (tertiary alicyclic amines) is 1. The molecule has 0 spiro atoms. The van der Waals surface area contributed by atoms with E-state index in [0.717, 1.165) is 6.54 Å². The molecule has 0 amide bonds. The molecule has 1 saturated heterocycles. The van der Waals surface area contributed by atoms with Crippen molar-refractivity contribution >= 4 is 11.9 Å². The average Bonchev–Trinajstić information content (AvgIpc) is 2.41. The molecule has 2 rings (SSSR count). The predicted octanol–water partition coefficient (Wildman–Crippen LogP) is -6.98. The summed E-state index contributed by atoms with van der Waals surface area (Å²) in [4.78, 5) is 23.9. The van der Waals surface area contributed by atoms with E-state index >= 15 is 0 Å². The monoisotopic (exact) mass is 321 g/mol. The van der Waals surface area contributed by atoms with Crippen LogP contribution in [0.3, 0.4) is 0 Å². The van der Waals surface area contributed by atoms with E-state index in [1.54, 1.807) is 0 Å². The maximum absolute atomic E-state index is 10.9. The standard InChI is InChI=1S/C15H19NO4.2Na/c17-14(18)13(15(19)20)12-6-8-16(9-7-12)10-11-4-2-1-3-5-11;;/h1-5,12-13H,6-10H2,(H,17,18)(H,19,20);;/q;2*+1/p-2. The minimum atomic E-state index is -1.54. The molecule has 108 valence electrons. The fourth-order valence-corrected chi connectivity index (χ4v) is 2.77. The molecule has 22 heavy (non-hydrogen) atoms. The van der Waals surface area contributed by atoms with Crippen molar-refractivity contribution in [3.63, 3.8) is 0 Å². The van der Waals surface area contributed by atoms with Crippen LogP contribution in [0.1, 0.15) is 18.4 Å². The number of piperidine rings is 1. The van der Waals surface area contributed by atoms with Gasteiger partial charge in [0.05, 0.1) is 11.9 Å². The molecule has 0 atom stereocenters. The first kappa shape index (κ1) is 22.1. The van der Waals surface area contributed by atoms with E-state index in [1.165, 1.54) is 5.56 Å². The van der Waals surface area contributed by atoms with Crippen molar-refractivity contribution < 1.29 is 78.9 Å². The molecule has 0 bridgehead atoms. The maximum atomic E-state index is 10.9. The molecule has 0 N–H and O–H groups in total. The Hall–Kier alpha value is 0.120. The summed E-state index contributed by atoms with van der Waals surface area (Å²) in [6.45, 7) is 2.18. The van der Waals surface area contributed by atoms with Crippen LogP contribution in [0.15, 0.2) is 30.3 Å². The van der Waals surface area contributed by atoms with E-state index in [9.17, 15) is 19.8 Å². The summed E-state index contributed by atoms with van der Waals surface area (Å²) >= 11 is 0. The van der Waals surface area contributed by atoms with Crippen LogP contribution >= 0.6 is 0 Å². The molecule has 1 aliphatic rings. The van der Waals surface area contributed by atoms with Gasteiger partial charge in [-0.25, -0.2) is 0 Å². The summed E-state index contributed by atoms with van der Waals surface area (Å²) in [5, 5.41) is 21.7. The van der Waals surface area contributed by atoms with Gasteiger partial charge in [0.2, 0.25) is 0 Å². The minimum absolute atomic E-state index is 0. The maximum Gasteiger partial charge on any atom is 1.00 e. The Bertz CT molecular complexity index is 462. The zero-order valence-corrected chi connectivity index (χ0v) is 17.2. The molecule has 1 heterocycles. The largest absolute Gasteiger partial charge is 1.00 e. The second kappa shape index (κ2) is 10.8. The van der Waals surface area contributed by atoms with Gasteiger partial charge in [-0.3, -0.25) is 4.90 Å². The first-order valence-corrected chi connectivity index (χ1v) is 6.76. The van der Waals surface area contributed by atoms with Gasteiger partial charge in [-0.2, -0.15) is 0 Å². The first-order chi connectivity index (χ1) is 9.58. The molecule has 1 fully saturated rings. The second-order valence-electron chi connectivity index (χ2n) is 5.21. The van der Waals surface area contributed by atoms with Gasteiger partial charge in [0.1, 0.15) is 0 Å². The van der Waals surface area contributed by atoms with Gasteiger partial charge in [-0.05, 0) is 37.4 Å². The van der Waals surface area contributed by atoms with Crippen LogP contribution in [-0.4, -0.2) is 29.9 Å². The van der Waals surface area contributed by atoms with Crippen LogP contribution in [0, 0.1) is 11.8 Å². The Kier molecular flexibility index (Phi) is 10.9. The molecule has 1 aromatic carbocycles. The zero-order valence-electron chi connectivity index (χ0n) is 13.2. The number of hydrogen-bond donors (Lipinski definition) is 0. The summed E-state index contributed by atoms with van der Waals surface area (Å²) in [5.41, 5.74) is 1.20. The van der Waals surface area contributed by atoms with E-state index in [1.807, 2.05) is 30.3 Å². The number of hydrogen-bond acceptors (Lipinski definition) is 5. The van der Waals surface area contributed by atoms with Gasteiger partial charge in [-0.1, -0.05) is 30.3 Å². The molecule has 0 saturated carbocycles. The van der Waals surface area contributed by atoms with E-state index in [2.05, 4.69) is 4.90 Å². The molecule has 0 radical (unpaired) electrons. The topological polar surface area (TPSA) is 83.5 Å². The molecule has 7 heteroatoms. The van der Waals surface area contributed by atoms with Crippen molar-refractivity contribution in [3.05, 3.63) is 35.9 Å². The number of carbonyl (C=O) groups excluding carboxylic acids is 2. The van der Waals surface area contributed by atoms with Crippen molar-refractivity contribution in [3.8, 4) is 0 Å². The Labute approximate surface area is 174 Å². The average molecular weight is 321 g/mol. The minimum Gasteiger partial charge on any atom is -0.549 e. The number of nitrogens with zero attached hydrogens (tertiary/aromatic N) is 1. The number of carboxylic acid groups (broad SMARTS) is 2. The summed E-state index contributed by atoms with van der Waals surface area (Å²) in [6, 6.07) is 9.99. The van der Waals surface area contributed by atoms with Crippen molar-refractivity contribution in [1.82, 2.24) is 4.90 Å². The predicted molar refractivity (Wildman–Crippen MR) is 67.9 cm³/mol. The third-order valence-electron chi connectivity index (χ3n) is 3.86. The van der Waals surface area contributed by atoms with Crippen LogP contribution in [0.4, 0.5) is 0 Å². The molecule has 0 aromatic heterocycles. The van der Waals surface area contributed by atoms with Gasteiger partial charge in [0.15, 0.2) is 0 Å². The quantitative estimate of drug-likeness (QED) is 0.398. The van der Waals surface area contributed by atoms with Crippen molar-refractivity contribution in [2.75, 3.05) is 13.1 Å². The molecule has 5 nitrogen and oxygen atoms in total. The number of benzene rings is 1. The number of aliphatic carboxylic acids is 2. The fourth-order valence-electron chi connectivity index (χ4n) is 2.77. The second-order valence-corrected chi connectivity index (χ2v) is 5.21. The molecular weight excluding hydrogens is 304 g/mol. The smallest absolute Gasteiger partial charge is 0.549 e. The van der Waals surface area contributed by atoms with Crippen LogP contribution < -0.4 is 69.3 Å². The van der Waals surface area contributed by atoms with Gasteiger partial charge < -0.3 is 19.8 Å². The Balaban J connectivity index is 0.00000220. The first-order valence-electron chi connectivity index (χ1n) is 6.76. The molecule has 1 aromatic rings. The van der Waals surface area contributed by atoms with Crippen LogP contribution in [0.2, 0.25) is 0 Å². The molecular formula is C15H17NNa2O4. The molecule has 1 aliphatic heterocycles. The Morgan fingerprint density at radius 1 is 1.05 bits per heavy atom. The number of carboxylic acids is 2. The Morgan fingerprint density at radius 3 is 2.00 bits per heavy atom. The number of carbonyl (C=O) groups is 2. The van der Waals surface area contributed by atoms with Gasteiger partial charge >= 0.3 is 59.1 Å². The van der Waals surface area contributed by atoms with E-state index in [-0.39, 0.29) is 59.1 Å². The Morgan fingerprint density at radius 2 is 1.55 bits per heavy atom. The summed E-state index contributed by atoms with van der Waals surface area (Å²) in [5.74, 6) is -4.95. The van der Waals surface area contributed by atoms with Crippen molar-refractivity contribution in [1.29, 1.82) is 0 Å². The van der Waals surface area contributed by atoms with Crippen molar-refractivity contribution in [2.45, 2.75) is 19.4 Å². The summed E-state index contributed by atoms with van der Waals surface area (Å²) in [7, 11) is 0. The van der Waals surface area contributed by atoms with Gasteiger partial charge in [0.25, 0.3) is 0 Å². The summed E-state index contributed by atoms with van der Waals surface area (Å²) < 4.78 is 0.